The van der Waals surface area contributed by atoms with Crippen LogP contribution in [-0.2, 0) is 18.3 Å². The highest BCUT2D eigenvalue weighted by molar-refractivity contribution is 14.0. The molecule has 136 valence electrons. The number of methoxy groups -OCH3 is 1. The summed E-state index contributed by atoms with van der Waals surface area (Å²) >= 11 is 0. The van der Waals surface area contributed by atoms with Crippen molar-refractivity contribution >= 4 is 29.9 Å². The fraction of sp³-hybridized carbons (Fsp3) is 0.688. The molecule has 1 heterocycles. The van der Waals surface area contributed by atoms with Gasteiger partial charge in [0.15, 0.2) is 11.8 Å². The molecule has 0 radical (unpaired) electrons. The molecule has 1 aliphatic carbocycles. The zero-order valence-corrected chi connectivity index (χ0v) is 17.2. The number of guanidine groups is 1. The van der Waals surface area contributed by atoms with Crippen molar-refractivity contribution in [2.45, 2.75) is 32.7 Å². The van der Waals surface area contributed by atoms with Gasteiger partial charge in [-0.05, 0) is 31.6 Å². The monoisotopic (exact) mass is 448 g/mol. The van der Waals surface area contributed by atoms with Crippen LogP contribution in [0.2, 0.25) is 0 Å². The lowest BCUT2D eigenvalue weighted by molar-refractivity contribution is 0.172. The predicted molar refractivity (Wildman–Crippen MR) is 107 cm³/mol. The van der Waals surface area contributed by atoms with Gasteiger partial charge in [0.1, 0.15) is 12.4 Å². The largest absolute Gasteiger partial charge is 0.385 e. The lowest BCUT2D eigenvalue weighted by Gasteiger charge is -2.18. The van der Waals surface area contributed by atoms with Gasteiger partial charge in [-0.2, -0.15) is 0 Å². The fourth-order valence-electron chi connectivity index (χ4n) is 2.36. The second-order valence-corrected chi connectivity index (χ2v) is 6.15. The molecule has 1 aromatic heterocycles. The van der Waals surface area contributed by atoms with Gasteiger partial charge >= 0.3 is 0 Å². The minimum absolute atomic E-state index is 0. The molecule has 1 fully saturated rings. The van der Waals surface area contributed by atoms with Crippen LogP contribution in [0.3, 0.4) is 0 Å². The van der Waals surface area contributed by atoms with E-state index in [1.165, 1.54) is 12.8 Å². The van der Waals surface area contributed by atoms with E-state index in [2.05, 4.69) is 32.4 Å². The van der Waals surface area contributed by atoms with Crippen LogP contribution in [-0.4, -0.2) is 47.5 Å². The Labute approximate surface area is 161 Å². The summed E-state index contributed by atoms with van der Waals surface area (Å²) in [5, 5.41) is 14.9. The minimum atomic E-state index is 0. The molecule has 0 bridgehead atoms. The first-order valence-corrected chi connectivity index (χ1v) is 8.07. The lowest BCUT2D eigenvalue weighted by Crippen LogP contribution is -2.40. The summed E-state index contributed by atoms with van der Waals surface area (Å²) in [7, 11) is 3.71. The Morgan fingerprint density at radius 1 is 1.42 bits per heavy atom. The van der Waals surface area contributed by atoms with Crippen molar-refractivity contribution in [3.63, 3.8) is 0 Å². The summed E-state index contributed by atoms with van der Waals surface area (Å²) in [6.07, 6.45) is 5.41. The molecule has 2 N–H and O–H groups in total. The molecular formula is C16H29IN6O. The molecular weight excluding hydrogens is 419 g/mol. The second-order valence-electron chi connectivity index (χ2n) is 6.15. The molecule has 2 rings (SSSR count). The van der Waals surface area contributed by atoms with Crippen molar-refractivity contribution < 1.29 is 4.74 Å². The number of rotatable bonds is 9. The SMILES string of the molecule is C=CCNC(=NCc1nnc(C)n1C)NCC1(CCOC)CC1.I. The average molecular weight is 448 g/mol. The zero-order chi connectivity index (χ0) is 16.7. The average Bonchev–Trinajstić information content (AvgIpc) is 3.26. The van der Waals surface area contributed by atoms with E-state index in [1.54, 1.807) is 7.11 Å². The molecule has 24 heavy (non-hydrogen) atoms. The summed E-state index contributed by atoms with van der Waals surface area (Å²) in [6, 6.07) is 0. The molecule has 1 saturated carbocycles. The van der Waals surface area contributed by atoms with Crippen LogP contribution in [0, 0.1) is 12.3 Å². The molecule has 0 saturated heterocycles. The normalized spacial score (nSPS) is 15.5. The van der Waals surface area contributed by atoms with Crippen molar-refractivity contribution in [1.29, 1.82) is 0 Å². The van der Waals surface area contributed by atoms with Crippen molar-refractivity contribution in [2.75, 3.05) is 26.8 Å². The van der Waals surface area contributed by atoms with Gasteiger partial charge in [0.05, 0.1) is 0 Å². The summed E-state index contributed by atoms with van der Waals surface area (Å²) < 4.78 is 7.16. The first-order chi connectivity index (χ1) is 11.1. The van der Waals surface area contributed by atoms with E-state index in [-0.39, 0.29) is 24.0 Å². The quantitative estimate of drug-likeness (QED) is 0.261. The van der Waals surface area contributed by atoms with Gasteiger partial charge in [0.2, 0.25) is 0 Å². The van der Waals surface area contributed by atoms with Crippen molar-refractivity contribution in [3.05, 3.63) is 24.3 Å². The van der Waals surface area contributed by atoms with E-state index >= 15 is 0 Å². The number of hydrogen-bond donors (Lipinski definition) is 2. The number of nitrogens with one attached hydrogen (secondary N) is 2. The summed E-state index contributed by atoms with van der Waals surface area (Å²) in [4.78, 5) is 4.61. The summed E-state index contributed by atoms with van der Waals surface area (Å²) in [6.45, 7) is 8.57. The highest BCUT2D eigenvalue weighted by atomic mass is 127. The Morgan fingerprint density at radius 2 is 2.17 bits per heavy atom. The van der Waals surface area contributed by atoms with Crippen LogP contribution in [0.1, 0.15) is 30.9 Å². The number of aryl methyl sites for hydroxylation is 1. The summed E-state index contributed by atoms with van der Waals surface area (Å²) in [5.41, 5.74) is 0.369. The highest BCUT2D eigenvalue weighted by Crippen LogP contribution is 2.48. The van der Waals surface area contributed by atoms with Crippen LogP contribution < -0.4 is 10.6 Å². The van der Waals surface area contributed by atoms with Crippen LogP contribution in [0.5, 0.6) is 0 Å². The molecule has 8 heteroatoms. The zero-order valence-electron chi connectivity index (χ0n) is 14.8. The minimum Gasteiger partial charge on any atom is -0.385 e. The lowest BCUT2D eigenvalue weighted by atomic mass is 10.0. The Bertz CT molecular complexity index is 553. The summed E-state index contributed by atoms with van der Waals surface area (Å²) in [5.74, 6) is 2.53. The number of aromatic nitrogens is 3. The highest BCUT2D eigenvalue weighted by Gasteiger charge is 2.41. The Hall–Kier alpha value is -1.16. The van der Waals surface area contributed by atoms with Gasteiger partial charge in [-0.25, -0.2) is 4.99 Å². The topological polar surface area (TPSA) is 76.4 Å². The van der Waals surface area contributed by atoms with E-state index in [0.29, 0.717) is 18.5 Å². The number of ether oxygens (including phenoxy) is 1. The fourth-order valence-corrected chi connectivity index (χ4v) is 2.36. The first kappa shape index (κ1) is 20.9. The third-order valence-corrected chi connectivity index (χ3v) is 4.40. The number of halogens is 1. The van der Waals surface area contributed by atoms with E-state index in [1.807, 2.05) is 24.6 Å². The van der Waals surface area contributed by atoms with Crippen LogP contribution in [0.25, 0.3) is 0 Å². The molecule has 0 amide bonds. The van der Waals surface area contributed by atoms with E-state index in [0.717, 1.165) is 37.2 Å². The smallest absolute Gasteiger partial charge is 0.191 e. The van der Waals surface area contributed by atoms with Gasteiger partial charge in [-0.1, -0.05) is 6.08 Å². The maximum absolute atomic E-state index is 5.21. The van der Waals surface area contributed by atoms with Gasteiger partial charge in [-0.3, -0.25) is 0 Å². The molecule has 1 aromatic rings. The molecule has 0 aromatic carbocycles. The van der Waals surface area contributed by atoms with Crippen molar-refractivity contribution in [1.82, 2.24) is 25.4 Å². The molecule has 0 aliphatic heterocycles. The Balaban J connectivity index is 0.00000288. The van der Waals surface area contributed by atoms with Gasteiger partial charge in [-0.15, -0.1) is 40.8 Å². The van der Waals surface area contributed by atoms with Gasteiger partial charge in [0.25, 0.3) is 0 Å². The maximum Gasteiger partial charge on any atom is 0.191 e. The van der Waals surface area contributed by atoms with E-state index in [4.69, 9.17) is 4.74 Å². The van der Waals surface area contributed by atoms with Crippen LogP contribution in [0.15, 0.2) is 17.6 Å². The predicted octanol–water partition coefficient (Wildman–Crippen LogP) is 1.78. The van der Waals surface area contributed by atoms with Crippen molar-refractivity contribution in [3.8, 4) is 0 Å². The third-order valence-electron chi connectivity index (χ3n) is 4.40. The molecule has 7 nitrogen and oxygen atoms in total. The molecule has 0 unspecified atom stereocenters. The third kappa shape index (κ3) is 6.04. The Morgan fingerprint density at radius 3 is 2.71 bits per heavy atom. The molecule has 1 aliphatic rings. The van der Waals surface area contributed by atoms with Gasteiger partial charge < -0.3 is 19.9 Å². The number of hydrogen-bond acceptors (Lipinski definition) is 4. The first-order valence-electron chi connectivity index (χ1n) is 8.07. The van der Waals surface area contributed by atoms with Gasteiger partial charge in [0, 0.05) is 33.9 Å². The number of aliphatic imine (C=N–C) groups is 1. The van der Waals surface area contributed by atoms with E-state index < -0.39 is 0 Å². The maximum atomic E-state index is 5.21. The Kier molecular flexibility index (Phi) is 8.68. The van der Waals surface area contributed by atoms with Crippen LogP contribution in [0.4, 0.5) is 0 Å². The standard InChI is InChI=1S/C16H28N6O.HI/c1-5-9-17-15(18-11-14-21-20-13(2)22(14)3)19-12-16(6-7-16)8-10-23-4;/h5H,1,6-12H2,2-4H3,(H2,17,18,19);1H. The van der Waals surface area contributed by atoms with Crippen molar-refractivity contribution in [2.24, 2.45) is 17.5 Å². The molecule has 0 spiro atoms. The number of nitrogens with zero attached hydrogens (tertiary/aromatic N) is 4. The molecule has 0 atom stereocenters. The van der Waals surface area contributed by atoms with Crippen LogP contribution >= 0.6 is 24.0 Å². The van der Waals surface area contributed by atoms with E-state index in [9.17, 15) is 0 Å². The second kappa shape index (κ2) is 9.97.